The smallest absolute Gasteiger partial charge is 0.324 e. The molecule has 4 aromatic rings. The zero-order chi connectivity index (χ0) is 27.0. The number of nitrogens with one attached hydrogen (secondary N) is 3. The molecule has 0 aliphatic carbocycles. The number of rotatable bonds is 4. The molecule has 0 radical (unpaired) electrons. The second kappa shape index (κ2) is 9.48. The van der Waals surface area contributed by atoms with Gasteiger partial charge in [0.2, 0.25) is 0 Å². The molecule has 0 bridgehead atoms. The minimum atomic E-state index is -0.647. The van der Waals surface area contributed by atoms with E-state index in [4.69, 9.17) is 5.26 Å². The van der Waals surface area contributed by atoms with Gasteiger partial charge >= 0.3 is 6.03 Å². The minimum absolute atomic E-state index is 0.00429. The number of amides is 3. The average Bonchev–Trinajstić information content (AvgIpc) is 3.49. The molecule has 38 heavy (non-hydrogen) atoms. The number of nitriles is 1. The van der Waals surface area contributed by atoms with Crippen LogP contribution in [0.25, 0.3) is 16.8 Å². The number of anilines is 2. The summed E-state index contributed by atoms with van der Waals surface area (Å²) in [7, 11) is 0. The second-order valence-corrected chi connectivity index (χ2v) is 10.0. The molecule has 0 spiro atoms. The van der Waals surface area contributed by atoms with E-state index >= 15 is 0 Å². The van der Waals surface area contributed by atoms with Crippen LogP contribution in [0.1, 0.15) is 48.0 Å². The largest absolute Gasteiger partial charge is 0.348 e. The molecule has 0 unspecified atom stereocenters. The number of nitrogens with zero attached hydrogens (tertiary/aromatic N) is 3. The van der Waals surface area contributed by atoms with E-state index in [1.807, 2.05) is 26.8 Å². The summed E-state index contributed by atoms with van der Waals surface area (Å²) >= 11 is 0. The van der Waals surface area contributed by atoms with Gasteiger partial charge in [0.25, 0.3) is 5.91 Å². The third kappa shape index (κ3) is 4.72. The molecular formula is C29H25FN6O2. The van der Waals surface area contributed by atoms with Crippen molar-refractivity contribution in [1.29, 1.82) is 5.26 Å². The highest BCUT2D eigenvalue weighted by Gasteiger charge is 2.24. The second-order valence-electron chi connectivity index (χ2n) is 10.0. The highest BCUT2D eigenvalue weighted by atomic mass is 19.1. The molecule has 3 N–H and O–H groups in total. The van der Waals surface area contributed by atoms with E-state index in [1.165, 1.54) is 6.07 Å². The summed E-state index contributed by atoms with van der Waals surface area (Å²) < 4.78 is 16.3. The van der Waals surface area contributed by atoms with Crippen LogP contribution >= 0.6 is 0 Å². The summed E-state index contributed by atoms with van der Waals surface area (Å²) in [5, 5.41) is 21.9. The molecule has 1 aromatic heterocycles. The Morgan fingerprint density at radius 2 is 1.79 bits per heavy atom. The zero-order valence-corrected chi connectivity index (χ0v) is 21.1. The van der Waals surface area contributed by atoms with Crippen molar-refractivity contribution in [2.45, 2.75) is 32.7 Å². The van der Waals surface area contributed by atoms with Crippen LogP contribution in [-0.2, 0) is 12.0 Å². The number of hydrogen-bond donors (Lipinski definition) is 3. The van der Waals surface area contributed by atoms with E-state index in [0.717, 1.165) is 16.8 Å². The zero-order valence-electron chi connectivity index (χ0n) is 21.1. The van der Waals surface area contributed by atoms with Crippen LogP contribution in [-0.4, -0.2) is 21.7 Å². The van der Waals surface area contributed by atoms with Crippen LogP contribution in [0, 0.1) is 17.1 Å². The standard InChI is InChI=1S/C29H25FN6O2/c1-29(2,3)25-14-26(36(35-25)19-10-7-17(15-31)8-11-19)34-28(38)33-24-13-18(9-12-23(24)30)20-5-4-6-21-22(20)16-32-27(21)37/h4-14H,16H2,1-3H3,(H,32,37)(H2,33,34,38). The van der Waals surface area contributed by atoms with E-state index in [1.54, 1.807) is 59.3 Å². The van der Waals surface area contributed by atoms with Crippen LogP contribution < -0.4 is 16.0 Å². The van der Waals surface area contributed by atoms with Gasteiger partial charge in [-0.05, 0) is 59.2 Å². The Kier molecular flexibility index (Phi) is 6.17. The van der Waals surface area contributed by atoms with Gasteiger partial charge in [-0.2, -0.15) is 10.4 Å². The van der Waals surface area contributed by atoms with E-state index in [9.17, 15) is 14.0 Å². The molecule has 3 amide bonds. The SMILES string of the molecule is CC(C)(C)c1cc(NC(=O)Nc2cc(-c3cccc4c3CNC4=O)ccc2F)n(-c2ccc(C#N)cc2)n1. The summed E-state index contributed by atoms with van der Waals surface area (Å²) in [5.74, 6) is -0.351. The number of aromatic nitrogens is 2. The summed E-state index contributed by atoms with van der Waals surface area (Å²) in [6.45, 7) is 6.41. The van der Waals surface area contributed by atoms with Crippen molar-refractivity contribution >= 4 is 23.4 Å². The molecule has 0 saturated heterocycles. The van der Waals surface area contributed by atoms with Crippen molar-refractivity contribution in [2.75, 3.05) is 10.6 Å². The predicted octanol–water partition coefficient (Wildman–Crippen LogP) is 5.73. The number of halogens is 1. The molecule has 5 rings (SSSR count). The first-order chi connectivity index (χ1) is 18.1. The van der Waals surface area contributed by atoms with E-state index in [0.29, 0.717) is 34.7 Å². The van der Waals surface area contributed by atoms with Gasteiger partial charge in [0.15, 0.2) is 0 Å². The molecule has 0 fully saturated rings. The van der Waals surface area contributed by atoms with Crippen LogP contribution in [0.4, 0.5) is 20.7 Å². The van der Waals surface area contributed by atoms with Crippen molar-refractivity contribution in [3.63, 3.8) is 0 Å². The average molecular weight is 509 g/mol. The topological polar surface area (TPSA) is 112 Å². The summed E-state index contributed by atoms with van der Waals surface area (Å²) in [6, 6.07) is 19.9. The Balaban J connectivity index is 1.43. The summed E-state index contributed by atoms with van der Waals surface area (Å²) in [6.07, 6.45) is 0. The third-order valence-electron chi connectivity index (χ3n) is 6.33. The normalized spacial score (nSPS) is 12.4. The Bertz CT molecular complexity index is 1610. The van der Waals surface area contributed by atoms with Crippen molar-refractivity contribution in [3.8, 4) is 22.9 Å². The molecule has 0 atom stereocenters. The Morgan fingerprint density at radius 3 is 2.50 bits per heavy atom. The maximum Gasteiger partial charge on any atom is 0.324 e. The number of hydrogen-bond acceptors (Lipinski definition) is 4. The number of carbonyl (C=O) groups is 2. The van der Waals surface area contributed by atoms with Gasteiger partial charge in [-0.25, -0.2) is 13.9 Å². The maximum absolute atomic E-state index is 14.7. The van der Waals surface area contributed by atoms with Crippen molar-refractivity contribution < 1.29 is 14.0 Å². The van der Waals surface area contributed by atoms with Gasteiger partial charge in [0.1, 0.15) is 11.6 Å². The highest BCUT2D eigenvalue weighted by molar-refractivity contribution is 6.01. The molecule has 3 aromatic carbocycles. The van der Waals surface area contributed by atoms with Crippen molar-refractivity contribution in [1.82, 2.24) is 15.1 Å². The molecule has 2 heterocycles. The minimum Gasteiger partial charge on any atom is -0.348 e. The molecule has 9 heteroatoms. The number of benzene rings is 3. The van der Waals surface area contributed by atoms with Gasteiger partial charge in [0.05, 0.1) is 28.7 Å². The lowest BCUT2D eigenvalue weighted by Gasteiger charge is -2.14. The predicted molar refractivity (Wildman–Crippen MR) is 143 cm³/mol. The molecular weight excluding hydrogens is 483 g/mol. The first-order valence-corrected chi connectivity index (χ1v) is 12.0. The first-order valence-electron chi connectivity index (χ1n) is 12.0. The Hall–Kier alpha value is -4.97. The lowest BCUT2D eigenvalue weighted by Crippen LogP contribution is -2.22. The lowest BCUT2D eigenvalue weighted by molar-refractivity contribution is 0.0965. The Labute approximate surface area is 219 Å². The first kappa shape index (κ1) is 24.7. The van der Waals surface area contributed by atoms with E-state index in [2.05, 4.69) is 27.1 Å². The molecule has 0 saturated carbocycles. The molecule has 190 valence electrons. The summed E-state index contributed by atoms with van der Waals surface area (Å²) in [4.78, 5) is 25.1. The monoisotopic (exact) mass is 508 g/mol. The van der Waals surface area contributed by atoms with Gasteiger partial charge in [-0.1, -0.05) is 39.0 Å². The van der Waals surface area contributed by atoms with Crippen molar-refractivity contribution in [2.24, 2.45) is 0 Å². The van der Waals surface area contributed by atoms with Gasteiger partial charge in [-0.3, -0.25) is 10.1 Å². The van der Waals surface area contributed by atoms with Crippen LogP contribution in [0.5, 0.6) is 0 Å². The van der Waals surface area contributed by atoms with Gasteiger partial charge in [-0.15, -0.1) is 0 Å². The van der Waals surface area contributed by atoms with Gasteiger partial charge in [0, 0.05) is 23.6 Å². The summed E-state index contributed by atoms with van der Waals surface area (Å²) in [5.41, 5.74) is 4.49. The molecule has 1 aliphatic rings. The van der Waals surface area contributed by atoms with Crippen LogP contribution in [0.2, 0.25) is 0 Å². The highest BCUT2D eigenvalue weighted by Crippen LogP contribution is 2.32. The quantitative estimate of drug-likeness (QED) is 0.327. The fraction of sp³-hybridized carbons (Fsp3) is 0.172. The van der Waals surface area contributed by atoms with Crippen molar-refractivity contribution in [3.05, 3.63) is 94.9 Å². The maximum atomic E-state index is 14.7. The Morgan fingerprint density at radius 1 is 1.05 bits per heavy atom. The fourth-order valence-electron chi connectivity index (χ4n) is 4.29. The number of carbonyl (C=O) groups excluding carboxylic acids is 2. The number of urea groups is 1. The number of fused-ring (bicyclic) bond motifs is 1. The molecule has 1 aliphatic heterocycles. The van der Waals surface area contributed by atoms with Crippen LogP contribution in [0.3, 0.4) is 0 Å². The van der Waals surface area contributed by atoms with Crippen LogP contribution in [0.15, 0.2) is 66.7 Å². The van der Waals surface area contributed by atoms with E-state index in [-0.39, 0.29) is 17.0 Å². The molecule has 8 nitrogen and oxygen atoms in total. The van der Waals surface area contributed by atoms with E-state index < -0.39 is 11.8 Å². The lowest BCUT2D eigenvalue weighted by atomic mass is 9.92. The third-order valence-corrected chi connectivity index (χ3v) is 6.33. The fourth-order valence-corrected chi connectivity index (χ4v) is 4.29. The van der Waals surface area contributed by atoms with Gasteiger partial charge < -0.3 is 10.6 Å².